The number of nitrogens with zero attached hydrogens (tertiary/aromatic N) is 2. The van der Waals surface area contributed by atoms with E-state index in [-0.39, 0.29) is 5.82 Å². The van der Waals surface area contributed by atoms with Crippen molar-refractivity contribution in [2.24, 2.45) is 0 Å². The molecule has 0 spiro atoms. The van der Waals surface area contributed by atoms with Crippen LogP contribution >= 0.6 is 0 Å². The van der Waals surface area contributed by atoms with Gasteiger partial charge in [-0.2, -0.15) is 4.98 Å². The van der Waals surface area contributed by atoms with Gasteiger partial charge in [0.25, 0.3) is 0 Å². The van der Waals surface area contributed by atoms with Gasteiger partial charge in [-0.3, -0.25) is 0 Å². The quantitative estimate of drug-likeness (QED) is 0.670. The van der Waals surface area contributed by atoms with Crippen LogP contribution in [0.4, 0.5) is 27.5 Å². The molecule has 0 atom stereocenters. The fourth-order valence-electron chi connectivity index (χ4n) is 2.36. The Hall–Kier alpha value is -3.48. The van der Waals surface area contributed by atoms with Gasteiger partial charge in [0.2, 0.25) is 5.95 Å². The second-order valence-electron chi connectivity index (χ2n) is 5.52. The van der Waals surface area contributed by atoms with E-state index in [0.717, 1.165) is 0 Å². The van der Waals surface area contributed by atoms with E-state index < -0.39 is 5.97 Å². The summed E-state index contributed by atoms with van der Waals surface area (Å²) in [7, 11) is 1.33. The molecule has 132 valence electrons. The zero-order valence-electron chi connectivity index (χ0n) is 14.3. The van der Waals surface area contributed by atoms with Crippen LogP contribution < -0.4 is 10.6 Å². The highest BCUT2D eigenvalue weighted by atomic mass is 19.1. The largest absolute Gasteiger partial charge is 0.465 e. The van der Waals surface area contributed by atoms with Crippen molar-refractivity contribution in [3.8, 4) is 0 Å². The summed E-state index contributed by atoms with van der Waals surface area (Å²) in [5, 5.41) is 5.98. The molecule has 0 amide bonds. The van der Waals surface area contributed by atoms with Gasteiger partial charge >= 0.3 is 5.97 Å². The average molecular weight is 352 g/mol. The molecule has 0 fully saturated rings. The van der Waals surface area contributed by atoms with Crippen molar-refractivity contribution in [1.29, 1.82) is 0 Å². The molecule has 0 radical (unpaired) electrons. The second-order valence-corrected chi connectivity index (χ2v) is 5.52. The van der Waals surface area contributed by atoms with E-state index in [1.165, 1.54) is 13.2 Å². The van der Waals surface area contributed by atoms with Crippen molar-refractivity contribution in [2.75, 3.05) is 17.7 Å². The van der Waals surface area contributed by atoms with Crippen LogP contribution in [0.25, 0.3) is 0 Å². The molecule has 0 unspecified atom stereocenters. The number of carbonyl (C=O) groups excluding carboxylic acids is 1. The summed E-state index contributed by atoms with van der Waals surface area (Å²) >= 11 is 0. The number of rotatable bonds is 5. The number of aromatic nitrogens is 2. The first kappa shape index (κ1) is 17.3. The number of hydrogen-bond acceptors (Lipinski definition) is 6. The number of ether oxygens (including phenoxy) is 1. The monoisotopic (exact) mass is 352 g/mol. The number of nitrogens with one attached hydrogen (secondary N) is 2. The van der Waals surface area contributed by atoms with E-state index in [0.29, 0.717) is 34.4 Å². The van der Waals surface area contributed by atoms with E-state index in [2.05, 4.69) is 20.6 Å². The number of esters is 1. The summed E-state index contributed by atoms with van der Waals surface area (Å²) in [6, 6.07) is 14.9. The molecule has 3 rings (SSSR count). The van der Waals surface area contributed by atoms with Crippen molar-refractivity contribution >= 4 is 29.1 Å². The summed E-state index contributed by atoms with van der Waals surface area (Å²) in [4.78, 5) is 20.3. The minimum Gasteiger partial charge on any atom is -0.465 e. The van der Waals surface area contributed by atoms with Gasteiger partial charge in [-0.05, 0) is 37.3 Å². The molecule has 7 heteroatoms. The highest BCUT2D eigenvalue weighted by molar-refractivity contribution is 5.90. The normalized spacial score (nSPS) is 10.3. The van der Waals surface area contributed by atoms with E-state index >= 15 is 0 Å². The number of anilines is 4. The maximum Gasteiger partial charge on any atom is 0.337 e. The summed E-state index contributed by atoms with van der Waals surface area (Å²) in [6.45, 7) is 1.81. The van der Waals surface area contributed by atoms with Gasteiger partial charge in [0, 0.05) is 17.4 Å². The molecular formula is C19H17FN4O2. The van der Waals surface area contributed by atoms with Crippen molar-refractivity contribution in [1.82, 2.24) is 9.97 Å². The van der Waals surface area contributed by atoms with Crippen LogP contribution in [0.2, 0.25) is 0 Å². The fourth-order valence-corrected chi connectivity index (χ4v) is 2.36. The lowest BCUT2D eigenvalue weighted by Crippen LogP contribution is -2.05. The first-order chi connectivity index (χ1) is 12.5. The molecule has 0 saturated carbocycles. The van der Waals surface area contributed by atoms with E-state index in [1.807, 2.05) is 6.92 Å². The summed E-state index contributed by atoms with van der Waals surface area (Å²) in [5.74, 6) is -0.0233. The minimum atomic E-state index is -0.430. The number of methoxy groups -OCH3 is 1. The molecule has 2 aromatic carbocycles. The summed E-state index contributed by atoms with van der Waals surface area (Å²) in [6.07, 6.45) is 0. The highest BCUT2D eigenvalue weighted by Gasteiger charge is 2.08. The maximum absolute atomic E-state index is 13.8. The van der Waals surface area contributed by atoms with Crippen molar-refractivity contribution in [3.05, 3.63) is 71.7 Å². The Morgan fingerprint density at radius 1 is 1.04 bits per heavy atom. The topological polar surface area (TPSA) is 76.1 Å². The van der Waals surface area contributed by atoms with Crippen molar-refractivity contribution in [3.63, 3.8) is 0 Å². The van der Waals surface area contributed by atoms with Crippen LogP contribution in [0, 0.1) is 12.7 Å². The molecule has 1 aromatic heterocycles. The van der Waals surface area contributed by atoms with Crippen LogP contribution in [0.15, 0.2) is 54.6 Å². The van der Waals surface area contributed by atoms with E-state index in [1.54, 1.807) is 48.5 Å². The minimum absolute atomic E-state index is 0.323. The predicted molar refractivity (Wildman–Crippen MR) is 97.5 cm³/mol. The Labute approximate surface area is 150 Å². The number of benzene rings is 2. The molecule has 0 aliphatic heterocycles. The Kier molecular flexibility index (Phi) is 5.07. The summed E-state index contributed by atoms with van der Waals surface area (Å²) < 4.78 is 18.5. The second kappa shape index (κ2) is 7.60. The molecule has 6 nitrogen and oxygen atoms in total. The van der Waals surface area contributed by atoms with Crippen molar-refractivity contribution in [2.45, 2.75) is 6.92 Å². The molecule has 0 bridgehead atoms. The number of aryl methyl sites for hydroxylation is 1. The van der Waals surface area contributed by atoms with Crippen LogP contribution in [0.1, 0.15) is 16.1 Å². The maximum atomic E-state index is 13.8. The van der Waals surface area contributed by atoms with Gasteiger partial charge in [0.05, 0.1) is 18.4 Å². The third-order valence-corrected chi connectivity index (χ3v) is 3.53. The Bertz CT molecular complexity index is 946. The van der Waals surface area contributed by atoms with Gasteiger partial charge < -0.3 is 15.4 Å². The molecule has 3 aromatic rings. The van der Waals surface area contributed by atoms with E-state index in [4.69, 9.17) is 4.74 Å². The van der Waals surface area contributed by atoms with E-state index in [9.17, 15) is 9.18 Å². The molecule has 26 heavy (non-hydrogen) atoms. The third-order valence-electron chi connectivity index (χ3n) is 3.53. The number of para-hydroxylation sites is 1. The number of hydrogen-bond donors (Lipinski definition) is 2. The lowest BCUT2D eigenvalue weighted by atomic mass is 10.2. The SMILES string of the molecule is COC(=O)c1cccc(Nc2nc(C)cc(Nc3ccccc3F)n2)c1. The van der Waals surface area contributed by atoms with Crippen LogP contribution in [-0.4, -0.2) is 23.0 Å². The molecule has 0 saturated heterocycles. The molecule has 1 heterocycles. The Balaban J connectivity index is 1.84. The first-order valence-electron chi connectivity index (χ1n) is 7.88. The summed E-state index contributed by atoms with van der Waals surface area (Å²) in [5.41, 5.74) is 2.07. The number of carbonyl (C=O) groups is 1. The highest BCUT2D eigenvalue weighted by Crippen LogP contribution is 2.21. The molecule has 2 N–H and O–H groups in total. The van der Waals surface area contributed by atoms with Crippen molar-refractivity contribution < 1.29 is 13.9 Å². The van der Waals surface area contributed by atoms with Gasteiger partial charge in [-0.25, -0.2) is 14.2 Å². The average Bonchev–Trinajstić information content (AvgIpc) is 2.63. The standard InChI is InChI=1S/C19H17FN4O2/c1-12-10-17(23-16-9-4-3-8-15(16)20)24-19(21-12)22-14-7-5-6-13(11-14)18(25)26-2/h3-11H,1-2H3,(H2,21,22,23,24). The lowest BCUT2D eigenvalue weighted by Gasteiger charge is -2.11. The third kappa shape index (κ3) is 4.13. The van der Waals surface area contributed by atoms with Crippen LogP contribution in [0.5, 0.6) is 0 Å². The number of halogens is 1. The predicted octanol–water partition coefficient (Wildman–Crippen LogP) is 4.20. The fraction of sp³-hybridized carbons (Fsp3) is 0.105. The van der Waals surface area contributed by atoms with Gasteiger partial charge in [-0.1, -0.05) is 18.2 Å². The van der Waals surface area contributed by atoms with Gasteiger partial charge in [0.15, 0.2) is 0 Å². The Morgan fingerprint density at radius 2 is 1.85 bits per heavy atom. The van der Waals surface area contributed by atoms with Crippen LogP contribution in [-0.2, 0) is 4.74 Å². The first-order valence-corrected chi connectivity index (χ1v) is 7.88. The lowest BCUT2D eigenvalue weighted by molar-refractivity contribution is 0.0601. The zero-order valence-corrected chi connectivity index (χ0v) is 14.3. The molecule has 0 aliphatic carbocycles. The molecule has 0 aliphatic rings. The zero-order chi connectivity index (χ0) is 18.5. The molecular weight excluding hydrogens is 335 g/mol. The van der Waals surface area contributed by atoms with Gasteiger partial charge in [-0.15, -0.1) is 0 Å². The smallest absolute Gasteiger partial charge is 0.337 e. The Morgan fingerprint density at radius 3 is 2.62 bits per heavy atom. The van der Waals surface area contributed by atoms with Crippen LogP contribution in [0.3, 0.4) is 0 Å². The van der Waals surface area contributed by atoms with Gasteiger partial charge in [0.1, 0.15) is 11.6 Å².